The van der Waals surface area contributed by atoms with Gasteiger partial charge in [0.15, 0.2) is 5.78 Å². The maximum atomic E-state index is 11.3. The molecule has 0 unspecified atom stereocenters. The molecule has 0 aliphatic heterocycles. The predicted molar refractivity (Wildman–Crippen MR) is 70.1 cm³/mol. The second-order valence-electron chi connectivity index (χ2n) is 4.05. The van der Waals surface area contributed by atoms with E-state index in [4.69, 9.17) is 0 Å². The van der Waals surface area contributed by atoms with E-state index in [-0.39, 0.29) is 17.1 Å². The summed E-state index contributed by atoms with van der Waals surface area (Å²) in [6.07, 6.45) is 1.42. The minimum atomic E-state index is -0.194. The van der Waals surface area contributed by atoms with Crippen molar-refractivity contribution in [2.75, 3.05) is 0 Å². The van der Waals surface area contributed by atoms with Crippen molar-refractivity contribution >= 4 is 17.7 Å². The summed E-state index contributed by atoms with van der Waals surface area (Å²) in [4.78, 5) is 15.6. The molecule has 0 bridgehead atoms. The molecule has 17 heavy (non-hydrogen) atoms. The van der Waals surface area contributed by atoms with Gasteiger partial charge in [-0.15, -0.1) is 0 Å². The Morgan fingerprint density at radius 2 is 1.76 bits per heavy atom. The van der Waals surface area contributed by atoms with E-state index in [0.717, 1.165) is 16.8 Å². The molecule has 3 heteroatoms. The molecule has 3 nitrogen and oxygen atoms in total. The third kappa shape index (κ3) is 3.28. The Hall–Kier alpha value is -1.90. The van der Waals surface area contributed by atoms with Gasteiger partial charge in [0.05, 0.1) is 11.3 Å². The van der Waals surface area contributed by atoms with Crippen LogP contribution in [-0.4, -0.2) is 17.1 Å². The second-order valence-corrected chi connectivity index (χ2v) is 4.05. The summed E-state index contributed by atoms with van der Waals surface area (Å²) in [6, 6.07) is 5.88. The summed E-state index contributed by atoms with van der Waals surface area (Å²) < 4.78 is 0. The maximum Gasteiger partial charge on any atom is 0.164 e. The van der Waals surface area contributed by atoms with Crippen LogP contribution in [0.2, 0.25) is 0 Å². The zero-order valence-corrected chi connectivity index (χ0v) is 10.6. The molecule has 0 atom stereocenters. The molecule has 1 aromatic rings. The molecular weight excluding hydrogens is 214 g/mol. The van der Waals surface area contributed by atoms with Crippen molar-refractivity contribution in [3.8, 4) is 0 Å². The summed E-state index contributed by atoms with van der Waals surface area (Å²) in [7, 11) is 0. The van der Waals surface area contributed by atoms with E-state index < -0.39 is 0 Å². The van der Waals surface area contributed by atoms with Crippen LogP contribution in [0.25, 0.3) is 0 Å². The van der Waals surface area contributed by atoms with Crippen LogP contribution < -0.4 is 0 Å². The van der Waals surface area contributed by atoms with E-state index in [1.807, 2.05) is 32.0 Å². The summed E-state index contributed by atoms with van der Waals surface area (Å²) in [6.45, 7) is 6.81. The van der Waals surface area contributed by atoms with E-state index >= 15 is 0 Å². The molecule has 0 amide bonds. The molecule has 0 aliphatic carbocycles. The van der Waals surface area contributed by atoms with E-state index in [1.165, 1.54) is 20.1 Å². The van der Waals surface area contributed by atoms with Crippen LogP contribution >= 0.6 is 0 Å². The average Bonchev–Trinajstić information content (AvgIpc) is 2.21. The van der Waals surface area contributed by atoms with Crippen LogP contribution in [0.4, 0.5) is 5.69 Å². The highest BCUT2D eigenvalue weighted by Crippen LogP contribution is 2.22. The van der Waals surface area contributed by atoms with Crippen LogP contribution in [0.5, 0.6) is 0 Å². The monoisotopic (exact) mass is 231 g/mol. The minimum Gasteiger partial charge on any atom is -0.512 e. The number of para-hydroxylation sites is 1. The van der Waals surface area contributed by atoms with Gasteiger partial charge in [0.25, 0.3) is 0 Å². The largest absolute Gasteiger partial charge is 0.512 e. The standard InChI is InChI=1S/C14H17NO2/c1-9-6-5-7-10(2)14(9)15-8-13(11(3)16)12(4)17/h5-8,16H,1-4H3/b13-11-,15-8?. The van der Waals surface area contributed by atoms with Gasteiger partial charge in [-0.05, 0) is 38.8 Å². The summed E-state index contributed by atoms with van der Waals surface area (Å²) >= 11 is 0. The predicted octanol–water partition coefficient (Wildman–Crippen LogP) is 3.43. The van der Waals surface area contributed by atoms with Crippen molar-refractivity contribution < 1.29 is 9.90 Å². The fraction of sp³-hybridized carbons (Fsp3) is 0.286. The van der Waals surface area contributed by atoms with Crippen molar-refractivity contribution in [3.05, 3.63) is 40.7 Å². The number of hydrogen-bond acceptors (Lipinski definition) is 3. The fourth-order valence-corrected chi connectivity index (χ4v) is 1.58. The number of rotatable bonds is 3. The summed E-state index contributed by atoms with van der Waals surface area (Å²) in [5.74, 6) is -0.201. The molecule has 0 fully saturated rings. The van der Waals surface area contributed by atoms with E-state index in [9.17, 15) is 9.90 Å². The lowest BCUT2D eigenvalue weighted by molar-refractivity contribution is -0.113. The van der Waals surface area contributed by atoms with Gasteiger partial charge < -0.3 is 5.11 Å². The van der Waals surface area contributed by atoms with Crippen molar-refractivity contribution in [1.82, 2.24) is 0 Å². The molecule has 1 aromatic carbocycles. The first-order valence-corrected chi connectivity index (χ1v) is 5.44. The summed E-state index contributed by atoms with van der Waals surface area (Å²) in [5, 5.41) is 9.37. The van der Waals surface area contributed by atoms with Crippen molar-refractivity contribution in [3.63, 3.8) is 0 Å². The average molecular weight is 231 g/mol. The quantitative estimate of drug-likeness (QED) is 0.492. The van der Waals surface area contributed by atoms with Crippen LogP contribution in [-0.2, 0) is 4.79 Å². The number of allylic oxidation sites excluding steroid dienone is 2. The number of aliphatic hydroxyl groups is 1. The second kappa shape index (κ2) is 5.43. The first-order valence-electron chi connectivity index (χ1n) is 5.44. The molecule has 0 spiro atoms. The number of aliphatic hydroxyl groups excluding tert-OH is 1. The Morgan fingerprint density at radius 1 is 1.24 bits per heavy atom. The number of ketones is 1. The van der Waals surface area contributed by atoms with Gasteiger partial charge in [-0.25, -0.2) is 0 Å². The zero-order chi connectivity index (χ0) is 13.0. The molecule has 0 saturated carbocycles. The first-order chi connectivity index (χ1) is 7.93. The highest BCUT2D eigenvalue weighted by molar-refractivity contribution is 6.13. The zero-order valence-electron chi connectivity index (χ0n) is 10.6. The van der Waals surface area contributed by atoms with Gasteiger partial charge in [-0.1, -0.05) is 18.2 Å². The van der Waals surface area contributed by atoms with Crippen LogP contribution in [0.3, 0.4) is 0 Å². The fourth-order valence-electron chi connectivity index (χ4n) is 1.58. The molecule has 1 N–H and O–H groups in total. The van der Waals surface area contributed by atoms with Gasteiger partial charge in [-0.3, -0.25) is 9.79 Å². The first kappa shape index (κ1) is 13.2. The lowest BCUT2D eigenvalue weighted by atomic mass is 10.1. The van der Waals surface area contributed by atoms with Crippen molar-refractivity contribution in [1.29, 1.82) is 0 Å². The third-order valence-electron chi connectivity index (χ3n) is 2.53. The number of carbonyl (C=O) groups is 1. The van der Waals surface area contributed by atoms with E-state index in [2.05, 4.69) is 4.99 Å². The van der Waals surface area contributed by atoms with Crippen LogP contribution in [0.15, 0.2) is 34.5 Å². The molecule has 0 saturated heterocycles. The number of aliphatic imine (C=N–C) groups is 1. The molecule has 0 aromatic heterocycles. The number of nitrogens with zero attached hydrogens (tertiary/aromatic N) is 1. The Morgan fingerprint density at radius 3 is 2.18 bits per heavy atom. The van der Waals surface area contributed by atoms with Crippen molar-refractivity contribution in [2.45, 2.75) is 27.7 Å². The van der Waals surface area contributed by atoms with Gasteiger partial charge in [0.2, 0.25) is 0 Å². The van der Waals surface area contributed by atoms with E-state index in [1.54, 1.807) is 0 Å². The van der Waals surface area contributed by atoms with Crippen LogP contribution in [0.1, 0.15) is 25.0 Å². The number of aryl methyl sites for hydroxylation is 2. The Kier molecular flexibility index (Phi) is 4.21. The molecular formula is C14H17NO2. The number of Topliss-reactive ketones (excluding diaryl/α,β-unsaturated/α-hetero) is 1. The molecule has 0 aliphatic rings. The third-order valence-corrected chi connectivity index (χ3v) is 2.53. The number of benzene rings is 1. The Balaban J connectivity index is 3.14. The Bertz CT molecular complexity index is 475. The van der Waals surface area contributed by atoms with Gasteiger partial charge in [0.1, 0.15) is 5.76 Å². The lowest BCUT2D eigenvalue weighted by Gasteiger charge is -2.04. The highest BCUT2D eigenvalue weighted by atomic mass is 16.3. The molecule has 0 radical (unpaired) electrons. The minimum absolute atomic E-state index is 0.00696. The Labute approximate surface area is 102 Å². The molecule has 1 rings (SSSR count). The maximum absolute atomic E-state index is 11.3. The topological polar surface area (TPSA) is 49.7 Å². The normalized spacial score (nSPS) is 12.7. The van der Waals surface area contributed by atoms with Crippen LogP contribution in [0, 0.1) is 13.8 Å². The van der Waals surface area contributed by atoms with Crippen molar-refractivity contribution in [2.24, 2.45) is 4.99 Å². The number of carbonyl (C=O) groups excluding carboxylic acids is 1. The highest BCUT2D eigenvalue weighted by Gasteiger charge is 2.05. The van der Waals surface area contributed by atoms with E-state index in [0.29, 0.717) is 0 Å². The lowest BCUT2D eigenvalue weighted by Crippen LogP contribution is -2.01. The molecule has 0 heterocycles. The smallest absolute Gasteiger partial charge is 0.164 e. The number of hydrogen-bond donors (Lipinski definition) is 1. The molecule has 90 valence electrons. The van der Waals surface area contributed by atoms with Gasteiger partial charge in [0, 0.05) is 6.21 Å². The van der Waals surface area contributed by atoms with Gasteiger partial charge in [-0.2, -0.15) is 0 Å². The summed E-state index contributed by atoms with van der Waals surface area (Å²) in [5.41, 5.74) is 3.17. The SMILES string of the molecule is CC(=O)/C(C=Nc1c(C)cccc1C)=C(/C)O. The van der Waals surface area contributed by atoms with Gasteiger partial charge >= 0.3 is 0 Å².